The minimum absolute atomic E-state index is 0.0641. The molecule has 4 aromatic rings. The number of carbonyl (C=O) groups is 1. The second kappa shape index (κ2) is 7.70. The Hall–Kier alpha value is -3.55. The first-order valence-electron chi connectivity index (χ1n) is 9.54. The highest BCUT2D eigenvalue weighted by molar-refractivity contribution is 6.04. The summed E-state index contributed by atoms with van der Waals surface area (Å²) in [5.41, 5.74) is 3.18. The van der Waals surface area contributed by atoms with E-state index in [-0.39, 0.29) is 12.5 Å². The van der Waals surface area contributed by atoms with Crippen molar-refractivity contribution in [3.05, 3.63) is 83.6 Å². The van der Waals surface area contributed by atoms with Crippen molar-refractivity contribution in [2.45, 2.75) is 26.1 Å². The lowest BCUT2D eigenvalue weighted by Gasteiger charge is -2.17. The number of hydrogen-bond acceptors (Lipinski definition) is 5. The standard InChI is InChI=1S/C23H22N4O3/c1-23(2,30)18-8-6-16(7-9-18)22(29)26-20-13-19(27-21(25-20)10-11-24-27)17-5-3-4-15(12-17)14-28/h3-13,28,30H,14H2,1-2H3,(H,25,26,29). The first-order valence-corrected chi connectivity index (χ1v) is 9.54. The van der Waals surface area contributed by atoms with E-state index >= 15 is 0 Å². The third kappa shape index (κ3) is 3.94. The van der Waals surface area contributed by atoms with Gasteiger partial charge in [-0.1, -0.05) is 30.3 Å². The molecule has 0 aliphatic carbocycles. The number of nitrogens with zero attached hydrogens (tertiary/aromatic N) is 3. The van der Waals surface area contributed by atoms with Crippen LogP contribution in [-0.2, 0) is 12.2 Å². The van der Waals surface area contributed by atoms with Crippen LogP contribution in [0.2, 0.25) is 0 Å². The summed E-state index contributed by atoms with van der Waals surface area (Å²) >= 11 is 0. The summed E-state index contributed by atoms with van der Waals surface area (Å²) in [6.45, 7) is 3.32. The molecule has 0 radical (unpaired) electrons. The number of carbonyl (C=O) groups excluding carboxylic acids is 1. The van der Waals surface area contributed by atoms with Crippen molar-refractivity contribution < 1.29 is 15.0 Å². The van der Waals surface area contributed by atoms with E-state index in [1.807, 2.05) is 24.3 Å². The van der Waals surface area contributed by atoms with Gasteiger partial charge < -0.3 is 15.5 Å². The summed E-state index contributed by atoms with van der Waals surface area (Å²) in [7, 11) is 0. The molecular weight excluding hydrogens is 380 g/mol. The highest BCUT2D eigenvalue weighted by Gasteiger charge is 2.17. The molecule has 7 nitrogen and oxygen atoms in total. The summed E-state index contributed by atoms with van der Waals surface area (Å²) < 4.78 is 1.68. The third-order valence-electron chi connectivity index (χ3n) is 4.86. The number of rotatable bonds is 5. The van der Waals surface area contributed by atoms with Gasteiger partial charge >= 0.3 is 0 Å². The molecule has 0 saturated heterocycles. The first kappa shape index (κ1) is 19.8. The van der Waals surface area contributed by atoms with Crippen LogP contribution in [0.4, 0.5) is 5.82 Å². The van der Waals surface area contributed by atoms with E-state index in [2.05, 4.69) is 15.4 Å². The average Bonchev–Trinajstić information content (AvgIpc) is 3.21. The molecule has 3 N–H and O–H groups in total. The fraction of sp³-hybridized carbons (Fsp3) is 0.174. The van der Waals surface area contributed by atoms with Crippen LogP contribution in [0.5, 0.6) is 0 Å². The molecule has 2 aromatic carbocycles. The van der Waals surface area contributed by atoms with Crippen LogP contribution in [0.15, 0.2) is 66.9 Å². The molecule has 2 heterocycles. The van der Waals surface area contributed by atoms with Crippen LogP contribution in [-0.4, -0.2) is 30.7 Å². The largest absolute Gasteiger partial charge is 0.392 e. The molecule has 0 unspecified atom stereocenters. The van der Waals surface area contributed by atoms with Gasteiger partial charge in [-0.3, -0.25) is 4.79 Å². The van der Waals surface area contributed by atoms with Crippen LogP contribution in [0, 0.1) is 0 Å². The van der Waals surface area contributed by atoms with E-state index in [4.69, 9.17) is 0 Å². The van der Waals surface area contributed by atoms with Crippen molar-refractivity contribution in [3.8, 4) is 11.3 Å². The Morgan fingerprint density at radius 3 is 2.57 bits per heavy atom. The highest BCUT2D eigenvalue weighted by Crippen LogP contribution is 2.25. The molecule has 0 bridgehead atoms. The lowest BCUT2D eigenvalue weighted by Crippen LogP contribution is -2.17. The Labute approximate surface area is 173 Å². The number of anilines is 1. The van der Waals surface area contributed by atoms with Crippen molar-refractivity contribution in [2.24, 2.45) is 0 Å². The maximum atomic E-state index is 12.7. The number of aliphatic hydroxyl groups is 2. The van der Waals surface area contributed by atoms with Crippen LogP contribution in [0.25, 0.3) is 16.9 Å². The van der Waals surface area contributed by atoms with Gasteiger partial charge in [-0.15, -0.1) is 0 Å². The minimum Gasteiger partial charge on any atom is -0.392 e. The lowest BCUT2D eigenvalue weighted by molar-refractivity contribution is 0.0785. The van der Waals surface area contributed by atoms with Gasteiger partial charge in [0.25, 0.3) is 5.91 Å². The van der Waals surface area contributed by atoms with Gasteiger partial charge in [-0.05, 0) is 43.2 Å². The second-order valence-electron chi connectivity index (χ2n) is 7.58. The number of aromatic nitrogens is 3. The third-order valence-corrected chi connectivity index (χ3v) is 4.86. The maximum absolute atomic E-state index is 12.7. The zero-order valence-corrected chi connectivity index (χ0v) is 16.7. The first-order chi connectivity index (χ1) is 14.3. The van der Waals surface area contributed by atoms with E-state index < -0.39 is 5.60 Å². The molecule has 152 valence electrons. The molecule has 1 amide bonds. The van der Waals surface area contributed by atoms with Crippen molar-refractivity contribution in [2.75, 3.05) is 5.32 Å². The Morgan fingerprint density at radius 1 is 1.10 bits per heavy atom. The summed E-state index contributed by atoms with van der Waals surface area (Å²) in [6, 6.07) is 17.8. The molecule has 0 fully saturated rings. The fourth-order valence-corrected chi connectivity index (χ4v) is 3.23. The van der Waals surface area contributed by atoms with Gasteiger partial charge in [-0.2, -0.15) is 5.10 Å². The molecule has 0 atom stereocenters. The van der Waals surface area contributed by atoms with Crippen LogP contribution < -0.4 is 5.32 Å². The zero-order chi connectivity index (χ0) is 21.3. The van der Waals surface area contributed by atoms with E-state index in [1.165, 1.54) is 0 Å². The van der Waals surface area contributed by atoms with Crippen LogP contribution >= 0.6 is 0 Å². The quantitative estimate of drug-likeness (QED) is 0.475. The van der Waals surface area contributed by atoms with Crippen molar-refractivity contribution in [1.29, 1.82) is 0 Å². The monoisotopic (exact) mass is 402 g/mol. The topological polar surface area (TPSA) is 99.8 Å². The fourth-order valence-electron chi connectivity index (χ4n) is 3.23. The molecule has 0 aliphatic rings. The Morgan fingerprint density at radius 2 is 1.87 bits per heavy atom. The van der Waals surface area contributed by atoms with Gasteiger partial charge in [0, 0.05) is 23.3 Å². The molecule has 0 spiro atoms. The Balaban J connectivity index is 1.67. The molecule has 30 heavy (non-hydrogen) atoms. The number of nitrogens with one attached hydrogen (secondary N) is 1. The van der Waals surface area contributed by atoms with E-state index in [0.717, 1.165) is 22.4 Å². The minimum atomic E-state index is -0.971. The van der Waals surface area contributed by atoms with Crippen molar-refractivity contribution in [3.63, 3.8) is 0 Å². The predicted molar refractivity (Wildman–Crippen MR) is 114 cm³/mol. The molecule has 2 aromatic heterocycles. The van der Waals surface area contributed by atoms with E-state index in [0.29, 0.717) is 17.0 Å². The Kier molecular flexibility index (Phi) is 5.07. The van der Waals surface area contributed by atoms with Gasteiger partial charge in [0.15, 0.2) is 5.65 Å². The molecule has 0 saturated carbocycles. The maximum Gasteiger partial charge on any atom is 0.256 e. The highest BCUT2D eigenvalue weighted by atomic mass is 16.3. The number of benzene rings is 2. The van der Waals surface area contributed by atoms with Gasteiger partial charge in [0.1, 0.15) is 5.82 Å². The smallest absolute Gasteiger partial charge is 0.256 e. The normalized spacial score (nSPS) is 11.6. The van der Waals surface area contributed by atoms with Crippen molar-refractivity contribution in [1.82, 2.24) is 14.6 Å². The molecule has 7 heteroatoms. The average molecular weight is 402 g/mol. The molecular formula is C23H22N4O3. The number of aliphatic hydroxyl groups excluding tert-OH is 1. The summed E-state index contributed by atoms with van der Waals surface area (Å²) in [4.78, 5) is 17.2. The number of amides is 1. The SMILES string of the molecule is CC(C)(O)c1ccc(C(=O)Nc2cc(-c3cccc(CO)c3)n3nccc3n2)cc1. The van der Waals surface area contributed by atoms with E-state index in [1.54, 1.807) is 61.0 Å². The predicted octanol–water partition coefficient (Wildman–Crippen LogP) is 3.37. The van der Waals surface area contributed by atoms with Crippen LogP contribution in [0.1, 0.15) is 35.3 Å². The number of hydrogen-bond donors (Lipinski definition) is 3. The van der Waals surface area contributed by atoms with E-state index in [9.17, 15) is 15.0 Å². The summed E-state index contributed by atoms with van der Waals surface area (Å²) in [5.74, 6) is 0.0905. The van der Waals surface area contributed by atoms with Gasteiger partial charge in [-0.25, -0.2) is 9.50 Å². The summed E-state index contributed by atoms with van der Waals surface area (Å²) in [6.07, 6.45) is 1.64. The zero-order valence-electron chi connectivity index (χ0n) is 16.7. The molecule has 0 aliphatic heterocycles. The molecule has 4 rings (SSSR count). The van der Waals surface area contributed by atoms with Gasteiger partial charge in [0.2, 0.25) is 0 Å². The lowest BCUT2D eigenvalue weighted by atomic mass is 9.97. The summed E-state index contributed by atoms with van der Waals surface area (Å²) in [5, 5.41) is 26.7. The Bertz CT molecular complexity index is 1210. The van der Waals surface area contributed by atoms with Gasteiger partial charge in [0.05, 0.1) is 24.1 Å². The number of fused-ring (bicyclic) bond motifs is 1. The van der Waals surface area contributed by atoms with Crippen molar-refractivity contribution >= 4 is 17.4 Å². The second-order valence-corrected chi connectivity index (χ2v) is 7.58. The van der Waals surface area contributed by atoms with Crippen LogP contribution in [0.3, 0.4) is 0 Å².